The van der Waals surface area contributed by atoms with Crippen LogP contribution in [0.4, 0.5) is 5.95 Å². The summed E-state index contributed by atoms with van der Waals surface area (Å²) in [6.07, 6.45) is 2.94. The lowest BCUT2D eigenvalue weighted by atomic mass is 10.1. The highest BCUT2D eigenvalue weighted by molar-refractivity contribution is 9.10. The molecule has 0 radical (unpaired) electrons. The molecule has 120 valence electrons. The van der Waals surface area contributed by atoms with Gasteiger partial charge in [-0.25, -0.2) is 0 Å². The Morgan fingerprint density at radius 2 is 2.00 bits per heavy atom. The fourth-order valence-electron chi connectivity index (χ4n) is 2.28. The van der Waals surface area contributed by atoms with Gasteiger partial charge in [0, 0.05) is 16.6 Å². The molecule has 1 heterocycles. The molecule has 1 aromatic heterocycles. The van der Waals surface area contributed by atoms with E-state index in [1.165, 1.54) is 25.5 Å². The van der Waals surface area contributed by atoms with Crippen LogP contribution in [0.2, 0.25) is 0 Å². The Kier molecular flexibility index (Phi) is 4.85. The molecule has 1 aliphatic rings. The topological polar surface area (TPSA) is 86.3 Å². The summed E-state index contributed by atoms with van der Waals surface area (Å²) in [4.78, 5) is 17.1. The first-order valence-electron chi connectivity index (χ1n) is 7.46. The van der Waals surface area contributed by atoms with Crippen molar-refractivity contribution in [2.45, 2.75) is 25.8 Å². The van der Waals surface area contributed by atoms with Crippen LogP contribution in [0.5, 0.6) is 6.01 Å². The van der Waals surface area contributed by atoms with Gasteiger partial charge in [-0.2, -0.15) is 15.0 Å². The molecule has 0 amide bonds. The van der Waals surface area contributed by atoms with Gasteiger partial charge in [-0.05, 0) is 36.5 Å². The second-order valence-corrected chi connectivity index (χ2v) is 6.40. The molecule has 0 saturated heterocycles. The molecule has 0 bridgehead atoms. The van der Waals surface area contributed by atoms with Crippen molar-refractivity contribution in [1.29, 1.82) is 0 Å². The Bertz CT molecular complexity index is 713. The summed E-state index contributed by atoms with van der Waals surface area (Å²) in [5.74, 6) is 1.32. The summed E-state index contributed by atoms with van der Waals surface area (Å²) in [6, 6.07) is 8.44. The highest BCUT2D eigenvalue weighted by atomic mass is 79.9. The van der Waals surface area contributed by atoms with Gasteiger partial charge in [0.15, 0.2) is 0 Å². The van der Waals surface area contributed by atoms with Crippen molar-refractivity contribution in [2.24, 2.45) is 10.9 Å². The van der Waals surface area contributed by atoms with Gasteiger partial charge in [0.1, 0.15) is 5.82 Å². The quantitative estimate of drug-likeness (QED) is 0.784. The highest BCUT2D eigenvalue weighted by Gasteiger charge is 2.28. The third-order valence-electron chi connectivity index (χ3n) is 3.63. The summed E-state index contributed by atoms with van der Waals surface area (Å²) < 4.78 is 6.12. The number of rotatable bonds is 6. The monoisotopic (exact) mass is 375 g/mol. The minimum atomic E-state index is 0.176. The number of nitrogen functional groups attached to an aromatic ring is 1. The van der Waals surface area contributed by atoms with Gasteiger partial charge in [0.05, 0.1) is 13.7 Å². The molecule has 2 aromatic rings. The average Bonchev–Trinajstić information content (AvgIpc) is 3.37. The minimum Gasteiger partial charge on any atom is -0.467 e. The Morgan fingerprint density at radius 3 is 2.65 bits per heavy atom. The summed E-state index contributed by atoms with van der Waals surface area (Å²) in [6.45, 7) is 0.664. The van der Waals surface area contributed by atoms with Gasteiger partial charge in [-0.3, -0.25) is 4.99 Å². The van der Waals surface area contributed by atoms with E-state index in [1.807, 2.05) is 12.1 Å². The van der Waals surface area contributed by atoms with Crippen molar-refractivity contribution in [3.63, 3.8) is 0 Å². The zero-order chi connectivity index (χ0) is 16.2. The van der Waals surface area contributed by atoms with E-state index in [0.29, 0.717) is 24.7 Å². The Balaban J connectivity index is 1.75. The van der Waals surface area contributed by atoms with Crippen LogP contribution in [0.3, 0.4) is 0 Å². The number of ether oxygens (including phenoxy) is 1. The Morgan fingerprint density at radius 1 is 1.26 bits per heavy atom. The van der Waals surface area contributed by atoms with Crippen LogP contribution in [0.1, 0.15) is 24.2 Å². The number of methoxy groups -OCH3 is 1. The lowest BCUT2D eigenvalue weighted by Gasteiger charge is -2.07. The number of nitrogens with zero attached hydrogens (tertiary/aromatic N) is 4. The number of nitrogens with two attached hydrogens (primary N) is 1. The summed E-state index contributed by atoms with van der Waals surface area (Å²) in [5, 5.41) is 0. The molecule has 1 aromatic carbocycles. The zero-order valence-corrected chi connectivity index (χ0v) is 14.5. The number of halogens is 1. The molecule has 23 heavy (non-hydrogen) atoms. The lowest BCUT2D eigenvalue weighted by molar-refractivity contribution is 0.377. The lowest BCUT2D eigenvalue weighted by Crippen LogP contribution is -2.12. The molecule has 3 rings (SSSR count). The van der Waals surface area contributed by atoms with Crippen molar-refractivity contribution < 1.29 is 4.74 Å². The standard InChI is InChI=1S/C16H18BrN5O/c1-23-16-21-14(20-15(18)22-16)8-13(11-4-5-11)19-9-10-2-6-12(17)7-3-10/h2-3,6-7,11H,4-5,8-9H2,1H3,(H2,18,20,21,22)/b19-13-. The SMILES string of the molecule is COc1nc(N)nc(C/C(=N/Cc2ccc(Br)cc2)C2CC2)n1. The van der Waals surface area contributed by atoms with Gasteiger partial charge in [-0.15, -0.1) is 0 Å². The van der Waals surface area contributed by atoms with E-state index >= 15 is 0 Å². The maximum atomic E-state index is 5.70. The number of hydrogen-bond donors (Lipinski definition) is 1. The molecule has 1 saturated carbocycles. The van der Waals surface area contributed by atoms with E-state index in [1.54, 1.807) is 0 Å². The molecule has 1 aliphatic carbocycles. The fraction of sp³-hybridized carbons (Fsp3) is 0.375. The van der Waals surface area contributed by atoms with Gasteiger partial charge >= 0.3 is 6.01 Å². The van der Waals surface area contributed by atoms with Gasteiger partial charge < -0.3 is 10.5 Å². The molecule has 0 unspecified atom stereocenters. The number of anilines is 1. The minimum absolute atomic E-state index is 0.176. The second-order valence-electron chi connectivity index (χ2n) is 5.48. The predicted octanol–water partition coefficient (Wildman–Crippen LogP) is 2.82. The van der Waals surface area contributed by atoms with Crippen molar-refractivity contribution >= 4 is 27.6 Å². The van der Waals surface area contributed by atoms with Gasteiger partial charge in [0.2, 0.25) is 5.95 Å². The van der Waals surface area contributed by atoms with Crippen LogP contribution >= 0.6 is 15.9 Å². The number of benzene rings is 1. The summed E-state index contributed by atoms with van der Waals surface area (Å²) in [5.41, 5.74) is 8.00. The van der Waals surface area contributed by atoms with E-state index in [4.69, 9.17) is 15.5 Å². The molecule has 0 aliphatic heterocycles. The van der Waals surface area contributed by atoms with Crippen LogP contribution in [-0.4, -0.2) is 27.8 Å². The molecule has 0 spiro atoms. The molecule has 7 heteroatoms. The van der Waals surface area contributed by atoms with E-state index in [2.05, 4.69) is 43.0 Å². The first kappa shape index (κ1) is 15.9. The molecule has 0 atom stereocenters. The van der Waals surface area contributed by atoms with E-state index < -0.39 is 0 Å². The van der Waals surface area contributed by atoms with Crippen molar-refractivity contribution in [1.82, 2.24) is 15.0 Å². The second kappa shape index (κ2) is 7.04. The normalized spacial score (nSPS) is 14.8. The first-order valence-corrected chi connectivity index (χ1v) is 8.25. The van der Waals surface area contributed by atoms with Gasteiger partial charge in [0.25, 0.3) is 0 Å². The summed E-state index contributed by atoms with van der Waals surface area (Å²) >= 11 is 3.44. The molecule has 6 nitrogen and oxygen atoms in total. The fourth-order valence-corrected chi connectivity index (χ4v) is 2.54. The third-order valence-corrected chi connectivity index (χ3v) is 4.16. The van der Waals surface area contributed by atoms with Crippen LogP contribution in [0.15, 0.2) is 33.7 Å². The third kappa shape index (κ3) is 4.48. The predicted molar refractivity (Wildman–Crippen MR) is 92.5 cm³/mol. The van der Waals surface area contributed by atoms with Crippen LogP contribution < -0.4 is 10.5 Å². The molecular weight excluding hydrogens is 358 g/mol. The maximum absolute atomic E-state index is 5.70. The zero-order valence-electron chi connectivity index (χ0n) is 12.9. The molecule has 2 N–H and O–H groups in total. The number of aliphatic imine (C=N–C) groups is 1. The first-order chi connectivity index (χ1) is 11.1. The van der Waals surface area contributed by atoms with Crippen molar-refractivity contribution in [3.8, 4) is 6.01 Å². The van der Waals surface area contributed by atoms with Gasteiger partial charge in [-0.1, -0.05) is 28.1 Å². The smallest absolute Gasteiger partial charge is 0.321 e. The highest BCUT2D eigenvalue weighted by Crippen LogP contribution is 2.32. The van der Waals surface area contributed by atoms with Crippen LogP contribution in [-0.2, 0) is 13.0 Å². The molecule has 1 fully saturated rings. The van der Waals surface area contributed by atoms with E-state index in [9.17, 15) is 0 Å². The largest absolute Gasteiger partial charge is 0.467 e. The number of aromatic nitrogens is 3. The molecular formula is C16H18BrN5O. The van der Waals surface area contributed by atoms with Crippen LogP contribution in [0, 0.1) is 5.92 Å². The Labute approximate surface area is 143 Å². The van der Waals surface area contributed by atoms with Crippen molar-refractivity contribution in [3.05, 3.63) is 40.1 Å². The van der Waals surface area contributed by atoms with E-state index in [0.717, 1.165) is 10.2 Å². The maximum Gasteiger partial charge on any atom is 0.321 e. The van der Waals surface area contributed by atoms with Crippen molar-refractivity contribution in [2.75, 3.05) is 12.8 Å². The van der Waals surface area contributed by atoms with E-state index in [-0.39, 0.29) is 12.0 Å². The number of hydrogen-bond acceptors (Lipinski definition) is 6. The average molecular weight is 376 g/mol. The summed E-state index contributed by atoms with van der Waals surface area (Å²) in [7, 11) is 1.52. The Hall–Kier alpha value is -2.02. The van der Waals surface area contributed by atoms with Crippen LogP contribution in [0.25, 0.3) is 0 Å².